The van der Waals surface area contributed by atoms with Crippen LogP contribution in [0.15, 0.2) is 77.7 Å². The van der Waals surface area contributed by atoms with E-state index in [0.717, 1.165) is 12.0 Å². The van der Waals surface area contributed by atoms with Crippen LogP contribution in [0.3, 0.4) is 0 Å². The third kappa shape index (κ3) is 4.38. The second-order valence-corrected chi connectivity index (χ2v) is 9.41. The number of aryl methyl sites for hydroxylation is 1. The normalized spacial score (nSPS) is 15.7. The van der Waals surface area contributed by atoms with E-state index in [4.69, 9.17) is 16.3 Å². The number of fused-ring (bicyclic) bond motifs is 1. The van der Waals surface area contributed by atoms with E-state index in [-0.39, 0.29) is 17.2 Å². The van der Waals surface area contributed by atoms with Gasteiger partial charge in [0.05, 0.1) is 17.1 Å². The zero-order valence-electron chi connectivity index (χ0n) is 16.8. The van der Waals surface area contributed by atoms with E-state index in [0.29, 0.717) is 16.4 Å². The molecular formula is C23H21ClN2O4S. The van der Waals surface area contributed by atoms with E-state index in [9.17, 15) is 13.2 Å². The number of hydrogen-bond acceptors (Lipinski definition) is 4. The molecule has 3 aromatic rings. The molecule has 160 valence electrons. The Morgan fingerprint density at radius 1 is 1.10 bits per heavy atom. The van der Waals surface area contributed by atoms with Crippen molar-refractivity contribution in [2.75, 3.05) is 16.2 Å². The van der Waals surface area contributed by atoms with Crippen LogP contribution in [-0.4, -0.2) is 27.0 Å². The third-order valence-electron chi connectivity index (χ3n) is 5.04. The molecule has 1 aliphatic rings. The first kappa shape index (κ1) is 21.2. The summed E-state index contributed by atoms with van der Waals surface area (Å²) in [7, 11) is -3.93. The second-order valence-electron chi connectivity index (χ2n) is 7.11. The Hall–Kier alpha value is -3.03. The van der Waals surface area contributed by atoms with Gasteiger partial charge in [-0.05, 0) is 54.4 Å². The first-order valence-corrected chi connectivity index (χ1v) is 11.6. The molecule has 0 spiro atoms. The van der Waals surface area contributed by atoms with Crippen molar-refractivity contribution in [3.05, 3.63) is 83.4 Å². The largest absolute Gasteiger partial charge is 0.476 e. The van der Waals surface area contributed by atoms with Crippen LogP contribution in [0, 0.1) is 0 Å². The molecule has 4 rings (SSSR count). The molecule has 1 N–H and O–H groups in total. The molecule has 0 aromatic heterocycles. The summed E-state index contributed by atoms with van der Waals surface area (Å²) in [5, 5.41) is 3.18. The van der Waals surface area contributed by atoms with Crippen molar-refractivity contribution >= 4 is 38.9 Å². The van der Waals surface area contributed by atoms with E-state index < -0.39 is 22.0 Å². The summed E-state index contributed by atoms with van der Waals surface area (Å²) in [6.45, 7) is 1.87. The standard InChI is InChI=1S/C23H21ClN2O4S/c1-2-16-8-11-18(12-9-16)25-23(27)22-15-26(20-14-17(24)10-13-21(20)30-22)31(28,29)19-6-4-3-5-7-19/h3-14,22H,2,15H2,1H3,(H,25,27)/t22-/m0/s1. The molecule has 1 amide bonds. The van der Waals surface area contributed by atoms with E-state index in [1.165, 1.54) is 22.5 Å². The molecule has 1 aliphatic heterocycles. The number of nitrogens with zero attached hydrogens (tertiary/aromatic N) is 1. The van der Waals surface area contributed by atoms with Crippen molar-refractivity contribution in [3.8, 4) is 5.75 Å². The minimum absolute atomic E-state index is 0.122. The summed E-state index contributed by atoms with van der Waals surface area (Å²) in [6, 6.07) is 20.2. The Morgan fingerprint density at radius 2 is 1.81 bits per heavy atom. The fraction of sp³-hybridized carbons (Fsp3) is 0.174. The molecule has 0 saturated heterocycles. The highest BCUT2D eigenvalue weighted by molar-refractivity contribution is 7.92. The minimum Gasteiger partial charge on any atom is -0.476 e. The lowest BCUT2D eigenvalue weighted by molar-refractivity contribution is -0.122. The van der Waals surface area contributed by atoms with Crippen LogP contribution < -0.4 is 14.4 Å². The second kappa shape index (κ2) is 8.61. The van der Waals surface area contributed by atoms with Crippen molar-refractivity contribution < 1.29 is 17.9 Å². The van der Waals surface area contributed by atoms with Crippen molar-refractivity contribution in [2.24, 2.45) is 0 Å². The highest BCUT2D eigenvalue weighted by atomic mass is 35.5. The van der Waals surface area contributed by atoms with Gasteiger partial charge in [-0.1, -0.05) is 48.9 Å². The van der Waals surface area contributed by atoms with Gasteiger partial charge in [0.25, 0.3) is 15.9 Å². The van der Waals surface area contributed by atoms with Gasteiger partial charge in [-0.3, -0.25) is 9.10 Å². The number of sulfonamides is 1. The number of ether oxygens (including phenoxy) is 1. The van der Waals surface area contributed by atoms with Gasteiger partial charge in [-0.15, -0.1) is 0 Å². The fourth-order valence-electron chi connectivity index (χ4n) is 3.35. The van der Waals surface area contributed by atoms with Crippen LogP contribution in [0.2, 0.25) is 5.02 Å². The van der Waals surface area contributed by atoms with Gasteiger partial charge >= 0.3 is 0 Å². The molecule has 0 bridgehead atoms. The van der Waals surface area contributed by atoms with E-state index >= 15 is 0 Å². The van der Waals surface area contributed by atoms with Gasteiger partial charge in [-0.25, -0.2) is 8.42 Å². The number of hydrogen-bond donors (Lipinski definition) is 1. The molecule has 3 aromatic carbocycles. The van der Waals surface area contributed by atoms with Crippen molar-refractivity contribution in [1.29, 1.82) is 0 Å². The molecule has 1 atom stereocenters. The van der Waals surface area contributed by atoms with Crippen LogP contribution in [0.25, 0.3) is 0 Å². The van der Waals surface area contributed by atoms with Gasteiger partial charge in [0.1, 0.15) is 5.75 Å². The summed E-state index contributed by atoms with van der Waals surface area (Å²) >= 11 is 6.11. The first-order chi connectivity index (χ1) is 14.9. The summed E-state index contributed by atoms with van der Waals surface area (Å²) < 4.78 is 33.7. The number of nitrogens with one attached hydrogen (secondary N) is 1. The maximum absolute atomic E-state index is 13.4. The van der Waals surface area contributed by atoms with Crippen molar-refractivity contribution in [1.82, 2.24) is 0 Å². The van der Waals surface area contributed by atoms with Gasteiger partial charge in [0.15, 0.2) is 6.10 Å². The molecule has 0 unspecified atom stereocenters. The number of carbonyl (C=O) groups is 1. The maximum atomic E-state index is 13.4. The van der Waals surface area contributed by atoms with Crippen LogP contribution >= 0.6 is 11.6 Å². The predicted molar refractivity (Wildman–Crippen MR) is 121 cm³/mol. The molecule has 0 aliphatic carbocycles. The lowest BCUT2D eigenvalue weighted by Crippen LogP contribution is -2.48. The number of halogens is 1. The van der Waals surface area contributed by atoms with E-state index in [1.54, 1.807) is 30.3 Å². The summed E-state index contributed by atoms with van der Waals surface area (Å²) in [4.78, 5) is 13.0. The maximum Gasteiger partial charge on any atom is 0.267 e. The van der Waals surface area contributed by atoms with Crippen LogP contribution in [0.1, 0.15) is 12.5 Å². The predicted octanol–water partition coefficient (Wildman–Crippen LogP) is 4.50. The smallest absolute Gasteiger partial charge is 0.267 e. The van der Waals surface area contributed by atoms with Gasteiger partial charge in [0.2, 0.25) is 0 Å². The van der Waals surface area contributed by atoms with Crippen LogP contribution in [0.5, 0.6) is 5.75 Å². The summed E-state index contributed by atoms with van der Waals surface area (Å²) in [5.74, 6) is -0.158. The number of carbonyl (C=O) groups excluding carboxylic acids is 1. The molecular weight excluding hydrogens is 436 g/mol. The molecule has 1 heterocycles. The average Bonchev–Trinajstić information content (AvgIpc) is 2.79. The summed E-state index contributed by atoms with van der Waals surface area (Å²) in [6.07, 6.45) is -0.135. The van der Waals surface area contributed by atoms with Gasteiger partial charge in [-0.2, -0.15) is 0 Å². The lowest BCUT2D eigenvalue weighted by Gasteiger charge is -2.34. The number of rotatable bonds is 5. The number of anilines is 2. The molecule has 0 radical (unpaired) electrons. The average molecular weight is 457 g/mol. The highest BCUT2D eigenvalue weighted by Crippen LogP contribution is 2.39. The quantitative estimate of drug-likeness (QED) is 0.613. The monoisotopic (exact) mass is 456 g/mol. The zero-order chi connectivity index (χ0) is 22.0. The third-order valence-corrected chi connectivity index (χ3v) is 7.07. The van der Waals surface area contributed by atoms with Crippen LogP contribution in [0.4, 0.5) is 11.4 Å². The molecule has 8 heteroatoms. The molecule has 6 nitrogen and oxygen atoms in total. The highest BCUT2D eigenvalue weighted by Gasteiger charge is 2.37. The molecule has 0 fully saturated rings. The lowest BCUT2D eigenvalue weighted by atomic mass is 10.1. The Morgan fingerprint density at radius 3 is 2.48 bits per heavy atom. The zero-order valence-corrected chi connectivity index (χ0v) is 18.4. The SMILES string of the molecule is CCc1ccc(NC(=O)[C@@H]2CN(S(=O)(=O)c3ccccc3)c3cc(Cl)ccc3O2)cc1. The first-order valence-electron chi connectivity index (χ1n) is 9.82. The Bertz CT molecular complexity index is 1200. The molecule has 0 saturated carbocycles. The van der Waals surface area contributed by atoms with Crippen LogP contribution in [-0.2, 0) is 21.2 Å². The fourth-order valence-corrected chi connectivity index (χ4v) is 5.01. The number of benzene rings is 3. The van der Waals surface area contributed by atoms with Crippen molar-refractivity contribution in [3.63, 3.8) is 0 Å². The Balaban J connectivity index is 1.66. The number of amides is 1. The summed E-state index contributed by atoms with van der Waals surface area (Å²) in [5.41, 5.74) is 2.07. The Labute approximate surface area is 186 Å². The van der Waals surface area contributed by atoms with E-state index in [2.05, 4.69) is 12.2 Å². The van der Waals surface area contributed by atoms with Gasteiger partial charge < -0.3 is 10.1 Å². The topological polar surface area (TPSA) is 75.7 Å². The Kier molecular flexibility index (Phi) is 5.89. The van der Waals surface area contributed by atoms with E-state index in [1.807, 2.05) is 24.3 Å². The van der Waals surface area contributed by atoms with Crippen molar-refractivity contribution in [2.45, 2.75) is 24.3 Å². The van der Waals surface area contributed by atoms with Gasteiger partial charge in [0, 0.05) is 10.7 Å². The minimum atomic E-state index is -3.93. The molecule has 31 heavy (non-hydrogen) atoms.